The van der Waals surface area contributed by atoms with Crippen LogP contribution in [0.1, 0.15) is 18.9 Å². The van der Waals surface area contributed by atoms with Crippen molar-refractivity contribution in [1.82, 2.24) is 14.3 Å². The molecule has 0 spiro atoms. The molecule has 0 bridgehead atoms. The zero-order valence-electron chi connectivity index (χ0n) is 24.2. The minimum atomic E-state index is -1.13. The molecule has 0 unspecified atom stereocenters. The normalized spacial score (nSPS) is 20.2. The van der Waals surface area contributed by atoms with Crippen LogP contribution in [0.4, 0.5) is 20.2 Å². The first-order chi connectivity index (χ1) is 21.2. The molecule has 0 radical (unpaired) electrons. The van der Waals surface area contributed by atoms with E-state index in [0.717, 1.165) is 54.1 Å². The molecule has 3 heterocycles. The lowest BCUT2D eigenvalue weighted by atomic mass is 9.89. The lowest BCUT2D eigenvalue weighted by molar-refractivity contribution is -0.138. The highest BCUT2D eigenvalue weighted by Crippen LogP contribution is 2.40. The maximum atomic E-state index is 14.4. The summed E-state index contributed by atoms with van der Waals surface area (Å²) in [6.07, 6.45) is 1.91. The van der Waals surface area contributed by atoms with Crippen molar-refractivity contribution in [2.45, 2.75) is 25.5 Å². The van der Waals surface area contributed by atoms with Crippen LogP contribution in [0, 0.1) is 17.6 Å². The second-order valence-electron chi connectivity index (χ2n) is 11.4. The van der Waals surface area contributed by atoms with Gasteiger partial charge in [0.05, 0.1) is 24.5 Å². The molecule has 0 saturated carbocycles. The van der Waals surface area contributed by atoms with Crippen molar-refractivity contribution in [3.05, 3.63) is 101 Å². The summed E-state index contributed by atoms with van der Waals surface area (Å²) in [7, 11) is 0. The average molecular weight is 606 g/mol. The highest BCUT2D eigenvalue weighted by molar-refractivity contribution is 5.66. The number of halogens is 2. The molecule has 1 N–H and O–H groups in total. The smallest absolute Gasteiger partial charge is 0.350 e. The van der Waals surface area contributed by atoms with Gasteiger partial charge in [-0.1, -0.05) is 6.07 Å². The van der Waals surface area contributed by atoms with Crippen molar-refractivity contribution in [2.75, 3.05) is 49.2 Å². The van der Waals surface area contributed by atoms with E-state index in [1.807, 2.05) is 55.5 Å². The van der Waals surface area contributed by atoms with Crippen molar-refractivity contribution < 1.29 is 28.2 Å². The van der Waals surface area contributed by atoms with Crippen LogP contribution in [-0.4, -0.2) is 64.8 Å². The van der Waals surface area contributed by atoms with Crippen molar-refractivity contribution in [1.29, 1.82) is 0 Å². The number of hydrogen-bond acceptors (Lipinski definition) is 7. The number of aromatic nitrogens is 3. The van der Waals surface area contributed by atoms with E-state index in [2.05, 4.69) is 14.9 Å². The van der Waals surface area contributed by atoms with Crippen molar-refractivity contribution in [3.8, 4) is 11.4 Å². The molecule has 1 aromatic heterocycles. The van der Waals surface area contributed by atoms with Crippen LogP contribution in [-0.2, 0) is 21.7 Å². The number of rotatable bonds is 9. The number of hydrogen-bond donors (Lipinski definition) is 1. The number of carboxylic acid groups (broad SMARTS) is 1. The summed E-state index contributed by atoms with van der Waals surface area (Å²) in [5, 5.41) is 12.8. The molecule has 2 aliphatic heterocycles. The molecule has 12 heteroatoms. The number of nitrogens with zero attached hydrogens (tertiary/aromatic N) is 5. The first kappa shape index (κ1) is 29.4. The van der Waals surface area contributed by atoms with E-state index in [-0.39, 0.29) is 5.92 Å². The van der Waals surface area contributed by atoms with Gasteiger partial charge in [0, 0.05) is 55.1 Å². The number of piperazine rings is 1. The molecule has 0 aliphatic carbocycles. The van der Waals surface area contributed by atoms with Crippen LogP contribution >= 0.6 is 0 Å². The molecule has 3 aromatic carbocycles. The van der Waals surface area contributed by atoms with E-state index in [1.165, 1.54) is 23.0 Å². The Morgan fingerprint density at radius 2 is 1.59 bits per heavy atom. The first-order valence-electron chi connectivity index (χ1n) is 14.5. The van der Waals surface area contributed by atoms with Gasteiger partial charge in [-0.25, -0.2) is 22.8 Å². The summed E-state index contributed by atoms with van der Waals surface area (Å²) in [5.74, 6) is -1.49. The lowest BCUT2D eigenvalue weighted by Gasteiger charge is -2.37. The molecular weight excluding hydrogens is 572 g/mol. The zero-order valence-corrected chi connectivity index (χ0v) is 24.2. The second-order valence-corrected chi connectivity index (χ2v) is 11.4. The predicted molar refractivity (Wildman–Crippen MR) is 160 cm³/mol. The fraction of sp³-hybridized carbons (Fsp3) is 0.344. The monoisotopic (exact) mass is 605 g/mol. The Morgan fingerprint density at radius 1 is 0.977 bits per heavy atom. The summed E-state index contributed by atoms with van der Waals surface area (Å²) in [6.45, 7) is 5.54. The Labute approximate surface area is 252 Å². The first-order valence-corrected chi connectivity index (χ1v) is 14.5. The van der Waals surface area contributed by atoms with Crippen LogP contribution in [0.2, 0.25) is 0 Å². The van der Waals surface area contributed by atoms with Crippen LogP contribution in [0.3, 0.4) is 0 Å². The number of benzene rings is 3. The van der Waals surface area contributed by atoms with Gasteiger partial charge in [-0.15, -0.1) is 0 Å². The molecule has 6 rings (SSSR count). The molecule has 44 heavy (non-hydrogen) atoms. The van der Waals surface area contributed by atoms with Crippen molar-refractivity contribution in [2.24, 2.45) is 5.92 Å². The molecule has 2 aliphatic rings. The molecule has 2 atom stereocenters. The molecule has 0 amide bonds. The van der Waals surface area contributed by atoms with Gasteiger partial charge in [0.1, 0.15) is 30.3 Å². The van der Waals surface area contributed by atoms with Crippen LogP contribution in [0.25, 0.3) is 5.69 Å². The summed E-state index contributed by atoms with van der Waals surface area (Å²) in [5.41, 5.74) is 1.81. The Hall–Kier alpha value is -4.71. The topological polar surface area (TPSA) is 102 Å². The van der Waals surface area contributed by atoms with E-state index >= 15 is 0 Å². The van der Waals surface area contributed by atoms with E-state index in [1.54, 1.807) is 0 Å². The highest BCUT2D eigenvalue weighted by Gasteiger charge is 2.40. The molecule has 4 aromatic rings. The number of aliphatic carboxylic acids is 1. The van der Waals surface area contributed by atoms with E-state index < -0.39 is 35.4 Å². The van der Waals surface area contributed by atoms with Gasteiger partial charge < -0.3 is 24.4 Å². The third-order valence-electron chi connectivity index (χ3n) is 8.30. The van der Waals surface area contributed by atoms with Gasteiger partial charge in [-0.3, -0.25) is 4.79 Å². The van der Waals surface area contributed by atoms with Crippen LogP contribution < -0.4 is 20.2 Å². The van der Waals surface area contributed by atoms with Gasteiger partial charge in [-0.2, -0.15) is 5.10 Å². The van der Waals surface area contributed by atoms with Gasteiger partial charge in [0.15, 0.2) is 0 Å². The van der Waals surface area contributed by atoms with Gasteiger partial charge >= 0.3 is 11.7 Å². The van der Waals surface area contributed by atoms with Crippen molar-refractivity contribution >= 4 is 17.3 Å². The van der Waals surface area contributed by atoms with Gasteiger partial charge in [0.2, 0.25) is 0 Å². The van der Waals surface area contributed by atoms with E-state index in [0.29, 0.717) is 30.9 Å². The Balaban J connectivity index is 0.989. The highest BCUT2D eigenvalue weighted by atomic mass is 19.1. The maximum absolute atomic E-state index is 14.4. The van der Waals surface area contributed by atoms with Gasteiger partial charge in [0.25, 0.3) is 0 Å². The van der Waals surface area contributed by atoms with Gasteiger partial charge in [-0.05, 0) is 67.9 Å². The summed E-state index contributed by atoms with van der Waals surface area (Å²) in [4.78, 5) is 27.9. The third kappa shape index (κ3) is 6.16. The number of carbonyl (C=O) groups is 1. The fourth-order valence-corrected chi connectivity index (χ4v) is 5.95. The third-order valence-corrected chi connectivity index (χ3v) is 8.30. The predicted octanol–water partition coefficient (Wildman–Crippen LogP) is 4.05. The largest absolute Gasteiger partial charge is 0.493 e. The Kier molecular flexibility index (Phi) is 8.09. The van der Waals surface area contributed by atoms with Crippen LogP contribution in [0.15, 0.2) is 77.9 Å². The molecular formula is C32H33F2N5O5. The van der Waals surface area contributed by atoms with E-state index in [9.17, 15) is 18.4 Å². The summed E-state index contributed by atoms with van der Waals surface area (Å²) < 4.78 is 41.9. The number of ether oxygens (including phenoxy) is 2. The van der Waals surface area contributed by atoms with E-state index in [4.69, 9.17) is 14.6 Å². The fourth-order valence-electron chi connectivity index (χ4n) is 5.95. The lowest BCUT2D eigenvalue weighted by Crippen LogP contribution is -2.46. The zero-order chi connectivity index (χ0) is 30.8. The summed E-state index contributed by atoms with van der Waals surface area (Å²) >= 11 is 0. The Morgan fingerprint density at radius 3 is 2.20 bits per heavy atom. The number of anilines is 2. The number of carboxylic acids is 1. The Bertz CT molecular complexity index is 1680. The SMILES string of the molecule is C[C@]1(c2ccc(F)cc2F)C[C@H](COc2ccc(N3CCN(c4ccc(-n5cnn(CC(=O)O)c5=O)cc4)CC3)cc2)CO1. The molecule has 10 nitrogen and oxygen atoms in total. The minimum Gasteiger partial charge on any atom is -0.493 e. The summed E-state index contributed by atoms with van der Waals surface area (Å²) in [6, 6.07) is 19.2. The average Bonchev–Trinajstić information content (AvgIpc) is 3.58. The van der Waals surface area contributed by atoms with Crippen molar-refractivity contribution in [3.63, 3.8) is 0 Å². The standard InChI is InChI=1S/C32H33F2N5O5/c1-32(28-11-2-23(33)16-29(28)34)17-22(20-44-32)19-43-27-9-7-25(8-10-27)37-14-12-36(13-15-37)24-3-5-26(6-4-24)38-21-35-39(31(38)42)18-30(40)41/h2-11,16,21-22H,12-15,17-20H2,1H3,(H,40,41)/t22-,32-/m1/s1. The molecule has 2 fully saturated rings. The molecule has 230 valence electrons. The molecule has 2 saturated heterocycles. The quantitative estimate of drug-likeness (QED) is 0.305. The minimum absolute atomic E-state index is 0.0851. The maximum Gasteiger partial charge on any atom is 0.350 e. The van der Waals surface area contributed by atoms with Crippen LogP contribution in [0.5, 0.6) is 5.75 Å². The second kappa shape index (κ2) is 12.1.